The van der Waals surface area contributed by atoms with E-state index in [0.717, 1.165) is 25.7 Å². The van der Waals surface area contributed by atoms with Gasteiger partial charge < -0.3 is 25.0 Å². The third-order valence-electron chi connectivity index (χ3n) is 4.12. The smallest absolute Gasteiger partial charge is 0.410 e. The molecule has 1 fully saturated rings. The summed E-state index contributed by atoms with van der Waals surface area (Å²) in [6.45, 7) is 11.0. The van der Waals surface area contributed by atoms with Gasteiger partial charge >= 0.3 is 12.1 Å². The zero-order chi connectivity index (χ0) is 20.3. The third kappa shape index (κ3) is 10.1. The Labute approximate surface area is 163 Å². The fourth-order valence-corrected chi connectivity index (χ4v) is 2.71. The predicted molar refractivity (Wildman–Crippen MR) is 106 cm³/mol. The number of hydrogen-bond acceptors (Lipinski definition) is 5. The van der Waals surface area contributed by atoms with Crippen molar-refractivity contribution in [2.75, 3.05) is 39.3 Å². The van der Waals surface area contributed by atoms with Crippen LogP contribution in [0.1, 0.15) is 59.8 Å². The number of rotatable bonds is 8. The third-order valence-corrected chi connectivity index (χ3v) is 4.12. The molecule has 1 aliphatic rings. The zero-order valence-electron chi connectivity index (χ0n) is 17.3. The van der Waals surface area contributed by atoms with Gasteiger partial charge in [-0.25, -0.2) is 4.79 Å². The molecule has 156 valence electrons. The fourth-order valence-electron chi connectivity index (χ4n) is 2.71. The van der Waals surface area contributed by atoms with Gasteiger partial charge in [-0.2, -0.15) is 0 Å². The number of esters is 1. The molecule has 0 saturated carbocycles. The maximum absolute atomic E-state index is 12.1. The van der Waals surface area contributed by atoms with Gasteiger partial charge in [0, 0.05) is 39.1 Å². The second-order valence-electron chi connectivity index (χ2n) is 7.66. The molecule has 8 nitrogen and oxygen atoms in total. The lowest BCUT2D eigenvalue weighted by Crippen LogP contribution is -2.53. The molecule has 0 spiro atoms. The van der Waals surface area contributed by atoms with Crippen LogP contribution >= 0.6 is 0 Å². The average Bonchev–Trinajstić information content (AvgIpc) is 2.59. The van der Waals surface area contributed by atoms with Crippen molar-refractivity contribution in [3.63, 3.8) is 0 Å². The lowest BCUT2D eigenvalue weighted by molar-refractivity contribution is -0.143. The molecule has 0 radical (unpaired) electrons. The number of aliphatic imine (C=N–C) groups is 1. The lowest BCUT2D eigenvalue weighted by atomic mass is 10.1. The highest BCUT2D eigenvalue weighted by atomic mass is 16.6. The van der Waals surface area contributed by atoms with Gasteiger partial charge in [-0.05, 0) is 40.5 Å². The van der Waals surface area contributed by atoms with E-state index in [1.807, 2.05) is 32.6 Å². The van der Waals surface area contributed by atoms with E-state index in [4.69, 9.17) is 15.2 Å². The Morgan fingerprint density at radius 1 is 1.00 bits per heavy atom. The molecule has 27 heavy (non-hydrogen) atoms. The van der Waals surface area contributed by atoms with Crippen LogP contribution in [0.2, 0.25) is 0 Å². The number of nitrogens with two attached hydrogens (primary N) is 1. The second kappa shape index (κ2) is 11.7. The zero-order valence-corrected chi connectivity index (χ0v) is 17.3. The molecule has 0 aromatic carbocycles. The van der Waals surface area contributed by atoms with Crippen LogP contribution in [0.15, 0.2) is 4.99 Å². The number of unbranched alkanes of at least 4 members (excludes halogenated alkanes) is 3. The van der Waals surface area contributed by atoms with E-state index in [1.54, 1.807) is 4.90 Å². The molecule has 2 N–H and O–H groups in total. The second-order valence-corrected chi connectivity index (χ2v) is 7.66. The quantitative estimate of drug-likeness (QED) is 0.299. The van der Waals surface area contributed by atoms with Gasteiger partial charge in [0.1, 0.15) is 5.60 Å². The molecule has 1 heterocycles. The van der Waals surface area contributed by atoms with Crippen LogP contribution < -0.4 is 5.73 Å². The average molecular weight is 385 g/mol. The number of piperazine rings is 1. The first kappa shape index (κ1) is 23.0. The Hall–Kier alpha value is -1.99. The number of amides is 1. The molecule has 0 unspecified atom stereocenters. The number of ether oxygens (including phenoxy) is 2. The molecule has 1 aliphatic heterocycles. The minimum atomic E-state index is -0.481. The van der Waals surface area contributed by atoms with E-state index in [2.05, 4.69) is 4.99 Å². The van der Waals surface area contributed by atoms with Crippen molar-refractivity contribution >= 4 is 18.0 Å². The summed E-state index contributed by atoms with van der Waals surface area (Å²) in [7, 11) is 0. The van der Waals surface area contributed by atoms with E-state index >= 15 is 0 Å². The van der Waals surface area contributed by atoms with Crippen LogP contribution in [-0.4, -0.2) is 72.8 Å². The van der Waals surface area contributed by atoms with E-state index in [1.165, 1.54) is 0 Å². The molecule has 0 aliphatic carbocycles. The summed E-state index contributed by atoms with van der Waals surface area (Å²) in [5, 5.41) is 0. The van der Waals surface area contributed by atoms with Crippen LogP contribution in [0.4, 0.5) is 4.79 Å². The predicted octanol–water partition coefficient (Wildman–Crippen LogP) is 2.37. The Balaban J connectivity index is 2.18. The summed E-state index contributed by atoms with van der Waals surface area (Å²) < 4.78 is 10.3. The van der Waals surface area contributed by atoms with Crippen LogP contribution in [-0.2, 0) is 14.3 Å². The monoisotopic (exact) mass is 384 g/mol. The minimum Gasteiger partial charge on any atom is -0.466 e. The molecular formula is C19H36N4O4. The van der Waals surface area contributed by atoms with Crippen molar-refractivity contribution in [2.24, 2.45) is 10.7 Å². The summed E-state index contributed by atoms with van der Waals surface area (Å²) in [6, 6.07) is 0. The Kier molecular flexibility index (Phi) is 9.96. The van der Waals surface area contributed by atoms with Gasteiger partial charge in [0.25, 0.3) is 0 Å². The summed E-state index contributed by atoms with van der Waals surface area (Å²) in [5.74, 6) is 0.413. The van der Waals surface area contributed by atoms with Crippen molar-refractivity contribution in [3.8, 4) is 0 Å². The van der Waals surface area contributed by atoms with Crippen LogP contribution in [0.5, 0.6) is 0 Å². The molecule has 1 amide bonds. The van der Waals surface area contributed by atoms with Gasteiger partial charge in [-0.15, -0.1) is 0 Å². The minimum absolute atomic E-state index is 0.120. The van der Waals surface area contributed by atoms with Crippen molar-refractivity contribution < 1.29 is 19.1 Å². The molecule has 0 aromatic rings. The fraction of sp³-hybridized carbons (Fsp3) is 0.842. The first-order valence-corrected chi connectivity index (χ1v) is 9.91. The highest BCUT2D eigenvalue weighted by molar-refractivity contribution is 5.78. The lowest BCUT2D eigenvalue weighted by Gasteiger charge is -2.36. The number of carbonyl (C=O) groups is 2. The summed E-state index contributed by atoms with van der Waals surface area (Å²) >= 11 is 0. The van der Waals surface area contributed by atoms with Crippen LogP contribution in [0, 0.1) is 0 Å². The van der Waals surface area contributed by atoms with Gasteiger partial charge in [0.2, 0.25) is 0 Å². The summed E-state index contributed by atoms with van der Waals surface area (Å²) in [4.78, 5) is 31.4. The standard InChI is InChI=1S/C19H36N4O4/c1-5-26-16(24)10-8-6-7-9-11-21-17(20)22-12-14-23(15-13-22)18(25)27-19(2,3)4/h5-15H2,1-4H3,(H2,20,21). The topological polar surface area (TPSA) is 97.5 Å². The molecular weight excluding hydrogens is 348 g/mol. The number of nitrogens with zero attached hydrogens (tertiary/aromatic N) is 3. The molecule has 1 rings (SSSR count). The number of guanidine groups is 1. The molecule has 0 aromatic heterocycles. The molecule has 8 heteroatoms. The highest BCUT2D eigenvalue weighted by Gasteiger charge is 2.26. The number of hydrogen-bond donors (Lipinski definition) is 1. The van der Waals surface area contributed by atoms with Crippen molar-refractivity contribution in [3.05, 3.63) is 0 Å². The maximum Gasteiger partial charge on any atom is 0.410 e. The van der Waals surface area contributed by atoms with E-state index in [9.17, 15) is 9.59 Å². The molecule has 0 bridgehead atoms. The normalized spacial score (nSPS) is 15.6. The van der Waals surface area contributed by atoms with Crippen molar-refractivity contribution in [2.45, 2.75) is 65.4 Å². The summed E-state index contributed by atoms with van der Waals surface area (Å²) in [6.07, 6.45) is 4.01. The SMILES string of the molecule is CCOC(=O)CCCCCCN=C(N)N1CCN(C(=O)OC(C)(C)C)CC1. The van der Waals surface area contributed by atoms with E-state index in [-0.39, 0.29) is 12.1 Å². The largest absolute Gasteiger partial charge is 0.466 e. The van der Waals surface area contributed by atoms with Crippen molar-refractivity contribution in [1.82, 2.24) is 9.80 Å². The Morgan fingerprint density at radius 3 is 2.19 bits per heavy atom. The maximum atomic E-state index is 12.1. The van der Waals surface area contributed by atoms with Crippen LogP contribution in [0.3, 0.4) is 0 Å². The van der Waals surface area contributed by atoms with Gasteiger partial charge in [-0.1, -0.05) is 12.8 Å². The first-order valence-electron chi connectivity index (χ1n) is 9.91. The first-order chi connectivity index (χ1) is 12.7. The van der Waals surface area contributed by atoms with Crippen LogP contribution in [0.25, 0.3) is 0 Å². The van der Waals surface area contributed by atoms with Gasteiger partial charge in [0.05, 0.1) is 6.61 Å². The molecule has 1 saturated heterocycles. The molecule has 0 atom stereocenters. The van der Waals surface area contributed by atoms with Gasteiger partial charge in [-0.3, -0.25) is 9.79 Å². The van der Waals surface area contributed by atoms with E-state index in [0.29, 0.717) is 51.7 Å². The van der Waals surface area contributed by atoms with Gasteiger partial charge in [0.15, 0.2) is 5.96 Å². The highest BCUT2D eigenvalue weighted by Crippen LogP contribution is 2.12. The Bertz CT molecular complexity index is 494. The van der Waals surface area contributed by atoms with Crippen molar-refractivity contribution in [1.29, 1.82) is 0 Å². The number of carbonyl (C=O) groups excluding carboxylic acids is 2. The summed E-state index contributed by atoms with van der Waals surface area (Å²) in [5.41, 5.74) is 5.58. The Morgan fingerprint density at radius 2 is 1.59 bits per heavy atom. The van der Waals surface area contributed by atoms with E-state index < -0.39 is 5.60 Å².